The second kappa shape index (κ2) is 3.63. The van der Waals surface area contributed by atoms with Crippen molar-refractivity contribution in [3.05, 3.63) is 52.6 Å². The predicted octanol–water partition coefficient (Wildman–Crippen LogP) is 3.71. The van der Waals surface area contributed by atoms with Crippen LogP contribution in [0.3, 0.4) is 0 Å². The quantitative estimate of drug-likeness (QED) is 0.389. The molecule has 2 aromatic heterocycles. The first kappa shape index (κ1) is 11.1. The maximum atomic E-state index is 12.0. The number of benzene rings is 2. The maximum Gasteiger partial charge on any atom is 0.344 e. The molecule has 0 saturated carbocycles. The standard InChI is InChI=1S/C16H10O4/c1-8-7-19-14-11(8)6-12-9-4-2-3-5-10(9)16(18)20-15(12)13(14)17/h2-7,17H,1H3. The molecule has 0 saturated heterocycles. The fourth-order valence-electron chi connectivity index (χ4n) is 2.60. The van der Waals surface area contributed by atoms with Gasteiger partial charge >= 0.3 is 5.63 Å². The van der Waals surface area contributed by atoms with Gasteiger partial charge in [-0.25, -0.2) is 4.79 Å². The normalized spacial score (nSPS) is 11.7. The average molecular weight is 266 g/mol. The molecule has 1 N–H and O–H groups in total. The third-order valence-electron chi connectivity index (χ3n) is 3.62. The molecule has 4 aromatic rings. The lowest BCUT2D eigenvalue weighted by molar-refractivity contribution is 0.451. The van der Waals surface area contributed by atoms with Gasteiger partial charge in [-0.05, 0) is 24.6 Å². The van der Waals surface area contributed by atoms with E-state index >= 15 is 0 Å². The van der Waals surface area contributed by atoms with E-state index in [4.69, 9.17) is 8.83 Å². The Morgan fingerprint density at radius 1 is 1.00 bits per heavy atom. The van der Waals surface area contributed by atoms with Gasteiger partial charge in [0, 0.05) is 16.2 Å². The van der Waals surface area contributed by atoms with Crippen LogP contribution in [0.1, 0.15) is 5.56 Å². The van der Waals surface area contributed by atoms with E-state index in [0.717, 1.165) is 16.3 Å². The SMILES string of the molecule is Cc1coc2c(O)c3oc(=O)c4ccccc4c3cc12. The topological polar surface area (TPSA) is 63.6 Å². The van der Waals surface area contributed by atoms with Gasteiger partial charge in [-0.2, -0.15) is 0 Å². The third kappa shape index (κ3) is 1.28. The summed E-state index contributed by atoms with van der Waals surface area (Å²) in [5.74, 6) is -0.131. The van der Waals surface area contributed by atoms with E-state index in [1.807, 2.05) is 25.1 Å². The van der Waals surface area contributed by atoms with Crippen LogP contribution < -0.4 is 5.63 Å². The molecule has 0 spiro atoms. The van der Waals surface area contributed by atoms with Crippen molar-refractivity contribution in [3.8, 4) is 5.75 Å². The molecule has 2 aromatic carbocycles. The van der Waals surface area contributed by atoms with E-state index in [1.165, 1.54) is 0 Å². The number of phenolic OH excluding ortho intramolecular Hbond substituents is 1. The lowest BCUT2D eigenvalue weighted by Gasteiger charge is -2.04. The molecule has 0 atom stereocenters. The molecule has 0 radical (unpaired) electrons. The Hall–Kier alpha value is -2.75. The van der Waals surface area contributed by atoms with E-state index in [-0.39, 0.29) is 11.3 Å². The molecule has 0 fully saturated rings. The van der Waals surface area contributed by atoms with Gasteiger partial charge in [-0.3, -0.25) is 0 Å². The minimum absolute atomic E-state index is 0.131. The summed E-state index contributed by atoms with van der Waals surface area (Å²) < 4.78 is 10.6. The minimum Gasteiger partial charge on any atom is -0.502 e. The Bertz CT molecular complexity index is 1040. The summed E-state index contributed by atoms with van der Waals surface area (Å²) in [7, 11) is 0. The summed E-state index contributed by atoms with van der Waals surface area (Å²) in [6.07, 6.45) is 1.57. The van der Waals surface area contributed by atoms with Crippen LogP contribution in [0.5, 0.6) is 5.75 Å². The zero-order valence-electron chi connectivity index (χ0n) is 10.6. The van der Waals surface area contributed by atoms with Gasteiger partial charge in [0.2, 0.25) is 5.75 Å². The highest BCUT2D eigenvalue weighted by Gasteiger charge is 2.16. The van der Waals surface area contributed by atoms with Crippen LogP contribution in [-0.2, 0) is 0 Å². The van der Waals surface area contributed by atoms with Crippen molar-refractivity contribution in [1.82, 2.24) is 0 Å². The van der Waals surface area contributed by atoms with Gasteiger partial charge in [0.05, 0.1) is 11.6 Å². The van der Waals surface area contributed by atoms with E-state index in [9.17, 15) is 9.90 Å². The van der Waals surface area contributed by atoms with Crippen molar-refractivity contribution in [2.45, 2.75) is 6.92 Å². The van der Waals surface area contributed by atoms with Crippen LogP contribution in [0.15, 0.2) is 50.2 Å². The van der Waals surface area contributed by atoms with Gasteiger partial charge in [0.25, 0.3) is 0 Å². The highest BCUT2D eigenvalue weighted by Crippen LogP contribution is 2.38. The lowest BCUT2D eigenvalue weighted by Crippen LogP contribution is -1.99. The molecule has 4 rings (SSSR count). The summed E-state index contributed by atoms with van der Waals surface area (Å²) >= 11 is 0. The summed E-state index contributed by atoms with van der Waals surface area (Å²) in [5, 5.41) is 13.1. The molecule has 0 aliphatic carbocycles. The van der Waals surface area contributed by atoms with Crippen molar-refractivity contribution < 1.29 is 13.9 Å². The molecule has 0 aliphatic heterocycles. The fourth-order valence-corrected chi connectivity index (χ4v) is 2.60. The summed E-state index contributed by atoms with van der Waals surface area (Å²) in [6.45, 7) is 1.90. The van der Waals surface area contributed by atoms with Gasteiger partial charge in [0.15, 0.2) is 11.2 Å². The summed E-state index contributed by atoms with van der Waals surface area (Å²) in [4.78, 5) is 12.0. The highest BCUT2D eigenvalue weighted by molar-refractivity contribution is 6.12. The Morgan fingerprint density at radius 2 is 1.75 bits per heavy atom. The lowest BCUT2D eigenvalue weighted by atomic mass is 10.0. The number of hydrogen-bond acceptors (Lipinski definition) is 4. The first-order valence-corrected chi connectivity index (χ1v) is 6.22. The zero-order valence-corrected chi connectivity index (χ0v) is 10.6. The van der Waals surface area contributed by atoms with Gasteiger partial charge < -0.3 is 13.9 Å². The van der Waals surface area contributed by atoms with Crippen LogP contribution in [0, 0.1) is 6.92 Å². The molecule has 0 aliphatic rings. The molecular formula is C16H10O4. The van der Waals surface area contributed by atoms with E-state index in [0.29, 0.717) is 16.4 Å². The van der Waals surface area contributed by atoms with Crippen LogP contribution in [0.2, 0.25) is 0 Å². The Kier molecular flexibility index (Phi) is 2.02. The van der Waals surface area contributed by atoms with Gasteiger partial charge in [-0.1, -0.05) is 18.2 Å². The Labute approximate surface area is 112 Å². The number of hydrogen-bond donors (Lipinski definition) is 1. The summed E-state index contributed by atoms with van der Waals surface area (Å²) in [5.41, 5.74) is 0.961. The van der Waals surface area contributed by atoms with Crippen molar-refractivity contribution in [2.24, 2.45) is 0 Å². The van der Waals surface area contributed by atoms with Crippen LogP contribution in [0.4, 0.5) is 0 Å². The average Bonchev–Trinajstić information content (AvgIpc) is 2.83. The molecule has 0 bridgehead atoms. The number of aromatic hydroxyl groups is 1. The van der Waals surface area contributed by atoms with Crippen molar-refractivity contribution in [2.75, 3.05) is 0 Å². The molecule has 98 valence electrons. The number of phenols is 1. The third-order valence-corrected chi connectivity index (χ3v) is 3.62. The van der Waals surface area contributed by atoms with Crippen LogP contribution in [0.25, 0.3) is 32.7 Å². The molecule has 0 amide bonds. The highest BCUT2D eigenvalue weighted by atomic mass is 16.4. The largest absolute Gasteiger partial charge is 0.502 e. The van der Waals surface area contributed by atoms with Crippen LogP contribution >= 0.6 is 0 Å². The first-order valence-electron chi connectivity index (χ1n) is 6.22. The number of rotatable bonds is 0. The minimum atomic E-state index is -0.467. The monoisotopic (exact) mass is 266 g/mol. The van der Waals surface area contributed by atoms with Crippen molar-refractivity contribution >= 4 is 32.7 Å². The van der Waals surface area contributed by atoms with Crippen molar-refractivity contribution in [3.63, 3.8) is 0 Å². The fraction of sp³-hybridized carbons (Fsp3) is 0.0625. The number of fused-ring (bicyclic) bond motifs is 4. The molecule has 0 unspecified atom stereocenters. The number of aryl methyl sites for hydroxylation is 1. The van der Waals surface area contributed by atoms with E-state index < -0.39 is 5.63 Å². The van der Waals surface area contributed by atoms with Gasteiger partial charge in [-0.15, -0.1) is 0 Å². The summed E-state index contributed by atoms with van der Waals surface area (Å²) in [6, 6.07) is 9.07. The Balaban J connectivity index is 2.39. The second-order valence-electron chi connectivity index (χ2n) is 4.83. The maximum absolute atomic E-state index is 12.0. The molecule has 2 heterocycles. The smallest absolute Gasteiger partial charge is 0.344 e. The Morgan fingerprint density at radius 3 is 2.55 bits per heavy atom. The molecular weight excluding hydrogens is 256 g/mol. The molecule has 20 heavy (non-hydrogen) atoms. The van der Waals surface area contributed by atoms with Gasteiger partial charge in [0.1, 0.15) is 0 Å². The van der Waals surface area contributed by atoms with Crippen LogP contribution in [-0.4, -0.2) is 5.11 Å². The van der Waals surface area contributed by atoms with E-state index in [2.05, 4.69) is 0 Å². The molecule has 4 nitrogen and oxygen atoms in total. The van der Waals surface area contributed by atoms with Crippen molar-refractivity contribution in [1.29, 1.82) is 0 Å². The molecule has 4 heteroatoms. The number of furan rings is 1. The second-order valence-corrected chi connectivity index (χ2v) is 4.83. The van der Waals surface area contributed by atoms with E-state index in [1.54, 1.807) is 18.4 Å². The first-order chi connectivity index (χ1) is 9.66. The predicted molar refractivity (Wildman–Crippen MR) is 76.2 cm³/mol. The zero-order chi connectivity index (χ0) is 13.9.